The van der Waals surface area contributed by atoms with Crippen LogP contribution in [0.4, 0.5) is 10.1 Å². The Kier molecular flexibility index (Phi) is 3.75. The molecule has 0 aromatic heterocycles. The van der Waals surface area contributed by atoms with Gasteiger partial charge < -0.3 is 5.32 Å². The van der Waals surface area contributed by atoms with Gasteiger partial charge in [0.2, 0.25) is 0 Å². The van der Waals surface area contributed by atoms with Crippen molar-refractivity contribution >= 4 is 29.1 Å². The van der Waals surface area contributed by atoms with Gasteiger partial charge in [0, 0.05) is 28.3 Å². The number of hydrogen-bond donors (Lipinski definition) is 1. The zero-order chi connectivity index (χ0) is 14.8. The fourth-order valence-electron chi connectivity index (χ4n) is 2.20. The number of ketones is 1. The maximum absolute atomic E-state index is 12.9. The highest BCUT2D eigenvalue weighted by Gasteiger charge is 2.23. The molecule has 0 atom stereocenters. The molecular formula is C16H12FNO2S. The van der Waals surface area contributed by atoms with Crippen molar-refractivity contribution in [3.05, 3.63) is 59.4 Å². The van der Waals surface area contributed by atoms with Crippen molar-refractivity contribution in [1.29, 1.82) is 0 Å². The molecule has 1 aliphatic heterocycles. The number of nitrogens with one attached hydrogen (secondary N) is 1. The molecule has 5 heteroatoms. The smallest absolute Gasteiger partial charge is 0.256 e. The molecule has 0 bridgehead atoms. The molecule has 0 aliphatic carbocycles. The molecule has 0 spiro atoms. The SMILES string of the molecule is O=C1CCSc2c1cccc2C(=O)Nc1ccc(F)cc1. The number of Topliss-reactive ketones (excluding diaryl/α,β-unsaturated/α-hetero) is 1. The van der Waals surface area contributed by atoms with E-state index in [1.165, 1.54) is 36.0 Å². The number of benzene rings is 2. The van der Waals surface area contributed by atoms with E-state index in [4.69, 9.17) is 0 Å². The molecule has 3 rings (SSSR count). The summed E-state index contributed by atoms with van der Waals surface area (Å²) in [5.41, 5.74) is 1.61. The first-order valence-electron chi connectivity index (χ1n) is 6.51. The highest BCUT2D eigenvalue weighted by Crippen LogP contribution is 2.33. The average molecular weight is 301 g/mol. The number of amides is 1. The molecule has 21 heavy (non-hydrogen) atoms. The number of rotatable bonds is 2. The van der Waals surface area contributed by atoms with Crippen LogP contribution in [-0.4, -0.2) is 17.4 Å². The van der Waals surface area contributed by atoms with Crippen molar-refractivity contribution < 1.29 is 14.0 Å². The van der Waals surface area contributed by atoms with E-state index < -0.39 is 0 Å². The van der Waals surface area contributed by atoms with Crippen LogP contribution < -0.4 is 5.32 Å². The Bertz CT molecular complexity index is 713. The Hall–Kier alpha value is -2.14. The van der Waals surface area contributed by atoms with Gasteiger partial charge in [-0.2, -0.15) is 0 Å². The molecule has 2 aromatic carbocycles. The monoisotopic (exact) mass is 301 g/mol. The van der Waals surface area contributed by atoms with Gasteiger partial charge in [0.05, 0.1) is 5.56 Å². The number of hydrogen-bond acceptors (Lipinski definition) is 3. The van der Waals surface area contributed by atoms with Crippen molar-refractivity contribution in [2.75, 3.05) is 11.1 Å². The van der Waals surface area contributed by atoms with Gasteiger partial charge in [0.15, 0.2) is 5.78 Å². The maximum atomic E-state index is 12.9. The van der Waals surface area contributed by atoms with E-state index in [0.29, 0.717) is 29.0 Å². The van der Waals surface area contributed by atoms with Crippen LogP contribution in [0.1, 0.15) is 27.1 Å². The number of fused-ring (bicyclic) bond motifs is 1. The third kappa shape index (κ3) is 2.83. The van der Waals surface area contributed by atoms with Crippen molar-refractivity contribution in [2.24, 2.45) is 0 Å². The number of anilines is 1. The number of thioether (sulfide) groups is 1. The van der Waals surface area contributed by atoms with Gasteiger partial charge in [-0.1, -0.05) is 12.1 Å². The molecule has 1 heterocycles. The topological polar surface area (TPSA) is 46.2 Å². The van der Waals surface area contributed by atoms with Crippen molar-refractivity contribution in [3.8, 4) is 0 Å². The second-order valence-corrected chi connectivity index (χ2v) is 5.77. The lowest BCUT2D eigenvalue weighted by atomic mass is 10.0. The first-order chi connectivity index (χ1) is 10.1. The molecule has 2 aromatic rings. The second-order valence-electron chi connectivity index (χ2n) is 4.66. The van der Waals surface area contributed by atoms with Gasteiger partial charge >= 0.3 is 0 Å². The Balaban J connectivity index is 1.90. The normalized spacial score (nSPS) is 13.7. The van der Waals surface area contributed by atoms with Gasteiger partial charge in [-0.3, -0.25) is 9.59 Å². The van der Waals surface area contributed by atoms with E-state index in [1.54, 1.807) is 18.2 Å². The van der Waals surface area contributed by atoms with Crippen LogP contribution >= 0.6 is 11.8 Å². The minimum Gasteiger partial charge on any atom is -0.322 e. The van der Waals surface area contributed by atoms with Gasteiger partial charge in [-0.15, -0.1) is 11.8 Å². The molecule has 0 radical (unpaired) electrons. The predicted octanol–water partition coefficient (Wildman–Crippen LogP) is 3.76. The molecule has 1 aliphatic rings. The van der Waals surface area contributed by atoms with E-state index in [2.05, 4.69) is 5.32 Å². The zero-order valence-corrected chi connectivity index (χ0v) is 11.9. The third-order valence-electron chi connectivity index (χ3n) is 3.24. The molecule has 106 valence electrons. The van der Waals surface area contributed by atoms with Crippen molar-refractivity contribution in [2.45, 2.75) is 11.3 Å². The summed E-state index contributed by atoms with van der Waals surface area (Å²) in [6.45, 7) is 0. The zero-order valence-electron chi connectivity index (χ0n) is 11.1. The van der Waals surface area contributed by atoms with Gasteiger partial charge in [0.1, 0.15) is 5.82 Å². The Morgan fingerprint density at radius 2 is 1.90 bits per heavy atom. The molecule has 1 N–H and O–H groups in total. The number of carbonyl (C=O) groups is 2. The Morgan fingerprint density at radius 1 is 1.14 bits per heavy atom. The van der Waals surface area contributed by atoms with Crippen LogP contribution in [0, 0.1) is 5.82 Å². The molecule has 1 amide bonds. The van der Waals surface area contributed by atoms with Crippen LogP contribution in [0.3, 0.4) is 0 Å². The predicted molar refractivity (Wildman–Crippen MR) is 80.5 cm³/mol. The average Bonchev–Trinajstić information content (AvgIpc) is 2.49. The molecule has 0 fully saturated rings. The molecular weight excluding hydrogens is 289 g/mol. The summed E-state index contributed by atoms with van der Waals surface area (Å²) >= 11 is 1.52. The summed E-state index contributed by atoms with van der Waals surface area (Å²) in [7, 11) is 0. The van der Waals surface area contributed by atoms with Crippen LogP contribution in [0.5, 0.6) is 0 Å². The fraction of sp³-hybridized carbons (Fsp3) is 0.125. The minimum absolute atomic E-state index is 0.0696. The fourth-order valence-corrected chi connectivity index (χ4v) is 3.35. The molecule has 0 saturated heterocycles. The minimum atomic E-state index is -0.355. The summed E-state index contributed by atoms with van der Waals surface area (Å²) < 4.78 is 12.9. The molecule has 0 unspecified atom stereocenters. The molecule has 3 nitrogen and oxygen atoms in total. The van der Waals surface area contributed by atoms with Gasteiger partial charge in [0.25, 0.3) is 5.91 Å². The first kappa shape index (κ1) is 13.8. The highest BCUT2D eigenvalue weighted by molar-refractivity contribution is 7.99. The molecule has 0 saturated carbocycles. The lowest BCUT2D eigenvalue weighted by Gasteiger charge is -2.17. The van der Waals surface area contributed by atoms with Crippen LogP contribution in [-0.2, 0) is 0 Å². The van der Waals surface area contributed by atoms with Gasteiger partial charge in [-0.25, -0.2) is 4.39 Å². The third-order valence-corrected chi connectivity index (χ3v) is 4.37. The summed E-state index contributed by atoms with van der Waals surface area (Å²) in [5.74, 6) is 0.110. The highest BCUT2D eigenvalue weighted by atomic mass is 32.2. The van der Waals surface area contributed by atoms with E-state index in [0.717, 1.165) is 4.90 Å². The van der Waals surface area contributed by atoms with Crippen LogP contribution in [0.15, 0.2) is 47.4 Å². The standard InChI is InChI=1S/C16H12FNO2S/c17-10-4-6-11(7-5-10)18-16(20)13-3-1-2-12-14(19)8-9-21-15(12)13/h1-7H,8-9H2,(H,18,20). The maximum Gasteiger partial charge on any atom is 0.256 e. The summed E-state index contributed by atoms with van der Waals surface area (Å²) in [6, 6.07) is 10.7. The summed E-state index contributed by atoms with van der Waals surface area (Å²) in [6.07, 6.45) is 0.501. The van der Waals surface area contributed by atoms with E-state index >= 15 is 0 Å². The van der Waals surface area contributed by atoms with E-state index in [-0.39, 0.29) is 17.5 Å². The number of carbonyl (C=O) groups excluding carboxylic acids is 2. The van der Waals surface area contributed by atoms with Crippen LogP contribution in [0.25, 0.3) is 0 Å². The lowest BCUT2D eigenvalue weighted by molar-refractivity contribution is 0.0984. The van der Waals surface area contributed by atoms with Gasteiger partial charge in [-0.05, 0) is 30.3 Å². The van der Waals surface area contributed by atoms with Crippen molar-refractivity contribution in [1.82, 2.24) is 0 Å². The summed E-state index contributed by atoms with van der Waals surface area (Å²) in [5, 5.41) is 2.72. The second kappa shape index (κ2) is 5.69. The summed E-state index contributed by atoms with van der Waals surface area (Å²) in [4.78, 5) is 24.9. The quantitative estimate of drug-likeness (QED) is 0.918. The largest absolute Gasteiger partial charge is 0.322 e. The first-order valence-corrected chi connectivity index (χ1v) is 7.49. The van der Waals surface area contributed by atoms with E-state index in [9.17, 15) is 14.0 Å². The van der Waals surface area contributed by atoms with E-state index in [1.807, 2.05) is 0 Å². The Morgan fingerprint density at radius 3 is 2.67 bits per heavy atom. The van der Waals surface area contributed by atoms with Crippen molar-refractivity contribution in [3.63, 3.8) is 0 Å². The Labute approximate surface area is 125 Å². The number of halogens is 1. The lowest BCUT2D eigenvalue weighted by Crippen LogP contribution is -2.17. The van der Waals surface area contributed by atoms with Crippen LogP contribution in [0.2, 0.25) is 0 Å².